The van der Waals surface area contributed by atoms with E-state index in [-0.39, 0.29) is 0 Å². The summed E-state index contributed by atoms with van der Waals surface area (Å²) in [5.41, 5.74) is 1.59. The van der Waals surface area contributed by atoms with Gasteiger partial charge in [0.1, 0.15) is 5.75 Å². The molecule has 1 unspecified atom stereocenters. The van der Waals surface area contributed by atoms with Crippen molar-refractivity contribution in [3.05, 3.63) is 47.5 Å². The van der Waals surface area contributed by atoms with E-state index in [2.05, 4.69) is 17.1 Å². The predicted octanol–water partition coefficient (Wildman–Crippen LogP) is 5.87. The summed E-state index contributed by atoms with van der Waals surface area (Å²) in [5, 5.41) is 6.51. The second-order valence-corrected chi connectivity index (χ2v) is 8.21. The Balaban J connectivity index is 1.74. The monoisotopic (exact) mass is 354 g/mol. The highest BCUT2D eigenvalue weighted by atomic mass is 35.5. The van der Waals surface area contributed by atoms with E-state index in [1.54, 1.807) is 36.0 Å². The van der Waals surface area contributed by atoms with E-state index < -0.39 is 7.67 Å². The third-order valence-corrected chi connectivity index (χ3v) is 6.04. The molecule has 0 saturated heterocycles. The van der Waals surface area contributed by atoms with Crippen LogP contribution in [0.5, 0.6) is 5.75 Å². The first-order chi connectivity index (χ1) is 10.6. The van der Waals surface area contributed by atoms with Crippen molar-refractivity contribution in [3.63, 3.8) is 0 Å². The highest BCUT2D eigenvalue weighted by molar-refractivity contribution is 7.99. The molecule has 7 heteroatoms. The highest BCUT2D eigenvalue weighted by Gasteiger charge is 2.33. The lowest BCUT2D eigenvalue weighted by Gasteiger charge is -2.14. The molecule has 22 heavy (non-hydrogen) atoms. The summed E-state index contributed by atoms with van der Waals surface area (Å²) in [6, 6.07) is 12.7. The molecule has 3 rings (SSSR count). The zero-order valence-electron chi connectivity index (χ0n) is 12.0. The maximum Gasteiger partial charge on any atom is 0.444 e. The van der Waals surface area contributed by atoms with E-state index in [1.807, 2.05) is 18.2 Å². The number of anilines is 2. The van der Waals surface area contributed by atoms with Crippen molar-refractivity contribution in [2.45, 2.75) is 18.2 Å². The Labute approximate surface area is 139 Å². The Morgan fingerprint density at radius 1 is 1.14 bits per heavy atom. The van der Waals surface area contributed by atoms with E-state index in [1.165, 1.54) is 0 Å². The van der Waals surface area contributed by atoms with E-state index in [0.717, 1.165) is 28.4 Å². The standard InChI is InChI=1S/C15H16ClN2O2PS/c1-2-9-22-13-7-8-14-15(10-13)18-21(19,17-14)20-12-5-3-11(16)4-6-12/h3-8,10H,2,9H2,1H3,(H2,17,18,19). The van der Waals surface area contributed by atoms with Gasteiger partial charge in [-0.1, -0.05) is 18.5 Å². The predicted molar refractivity (Wildman–Crippen MR) is 94.4 cm³/mol. The Morgan fingerprint density at radius 3 is 2.59 bits per heavy atom. The first-order valence-corrected chi connectivity index (χ1v) is 9.95. The fourth-order valence-corrected chi connectivity index (χ4v) is 4.57. The molecule has 0 aliphatic carbocycles. The van der Waals surface area contributed by atoms with Crippen molar-refractivity contribution in [1.82, 2.24) is 0 Å². The fourth-order valence-electron chi connectivity index (χ4n) is 2.06. The molecule has 0 amide bonds. The van der Waals surface area contributed by atoms with Crippen LogP contribution in [0.2, 0.25) is 5.02 Å². The summed E-state index contributed by atoms with van der Waals surface area (Å²) >= 11 is 7.62. The molecule has 0 aromatic heterocycles. The average molecular weight is 355 g/mol. The van der Waals surface area contributed by atoms with Crippen LogP contribution in [0.15, 0.2) is 47.4 Å². The van der Waals surface area contributed by atoms with Gasteiger partial charge in [0, 0.05) is 9.92 Å². The van der Waals surface area contributed by atoms with Crippen LogP contribution in [-0.2, 0) is 4.57 Å². The highest BCUT2D eigenvalue weighted by Crippen LogP contribution is 2.55. The van der Waals surface area contributed by atoms with Gasteiger partial charge in [-0.05, 0) is 54.6 Å². The molecule has 1 heterocycles. The molecule has 1 atom stereocenters. The summed E-state index contributed by atoms with van der Waals surface area (Å²) in [5.74, 6) is 1.56. The number of halogens is 1. The van der Waals surface area contributed by atoms with Gasteiger partial charge in [0.15, 0.2) is 0 Å². The third kappa shape index (κ3) is 3.54. The second kappa shape index (κ2) is 6.45. The minimum atomic E-state index is -3.19. The van der Waals surface area contributed by atoms with Gasteiger partial charge in [-0.25, -0.2) is 4.57 Å². The van der Waals surface area contributed by atoms with Crippen LogP contribution in [0.4, 0.5) is 11.4 Å². The summed E-state index contributed by atoms with van der Waals surface area (Å²) in [6.07, 6.45) is 1.12. The summed E-state index contributed by atoms with van der Waals surface area (Å²) in [6.45, 7) is 2.15. The maximum absolute atomic E-state index is 12.8. The Kier molecular flexibility index (Phi) is 4.57. The number of fused-ring (bicyclic) bond motifs is 1. The van der Waals surface area contributed by atoms with Crippen molar-refractivity contribution in [1.29, 1.82) is 0 Å². The molecule has 2 N–H and O–H groups in total. The molecule has 2 aromatic rings. The molecule has 1 aliphatic heterocycles. The van der Waals surface area contributed by atoms with Gasteiger partial charge >= 0.3 is 7.67 Å². The second-order valence-electron chi connectivity index (χ2n) is 4.88. The number of rotatable bonds is 5. The first kappa shape index (κ1) is 15.6. The number of hydrogen-bond donors (Lipinski definition) is 2. The van der Waals surface area contributed by atoms with Crippen molar-refractivity contribution < 1.29 is 9.09 Å². The third-order valence-electron chi connectivity index (χ3n) is 3.05. The van der Waals surface area contributed by atoms with Gasteiger partial charge in [0.05, 0.1) is 11.4 Å². The van der Waals surface area contributed by atoms with Gasteiger partial charge < -0.3 is 4.52 Å². The summed E-state index contributed by atoms with van der Waals surface area (Å²) in [7, 11) is -3.19. The lowest BCUT2D eigenvalue weighted by atomic mass is 10.3. The molecule has 0 spiro atoms. The number of nitrogens with one attached hydrogen (secondary N) is 2. The lowest BCUT2D eigenvalue weighted by molar-refractivity contribution is 0.494. The van der Waals surface area contributed by atoms with E-state index in [4.69, 9.17) is 16.1 Å². The maximum atomic E-state index is 12.8. The Bertz CT molecular complexity index is 724. The summed E-state index contributed by atoms with van der Waals surface area (Å²) in [4.78, 5) is 1.15. The van der Waals surface area contributed by atoms with E-state index in [9.17, 15) is 4.57 Å². The van der Waals surface area contributed by atoms with Crippen molar-refractivity contribution in [2.75, 3.05) is 15.9 Å². The zero-order chi connectivity index (χ0) is 15.6. The minimum absolute atomic E-state index is 0.501. The Hall–Kier alpha value is -1.29. The van der Waals surface area contributed by atoms with Gasteiger partial charge in [-0.15, -0.1) is 11.8 Å². The van der Waals surface area contributed by atoms with Crippen LogP contribution >= 0.6 is 31.0 Å². The molecule has 0 fully saturated rings. The molecule has 0 radical (unpaired) electrons. The van der Waals surface area contributed by atoms with Crippen LogP contribution in [0.3, 0.4) is 0 Å². The van der Waals surface area contributed by atoms with Crippen molar-refractivity contribution in [3.8, 4) is 5.75 Å². The first-order valence-electron chi connectivity index (χ1n) is 6.96. The zero-order valence-corrected chi connectivity index (χ0v) is 14.5. The quantitative estimate of drug-likeness (QED) is 0.519. The SMILES string of the molecule is CCCSc1ccc2c(c1)NP(=O)(Oc1ccc(Cl)cc1)N2. The van der Waals surface area contributed by atoms with Crippen LogP contribution in [0, 0.1) is 0 Å². The van der Waals surface area contributed by atoms with Crippen molar-refractivity contribution >= 4 is 42.4 Å². The fraction of sp³-hybridized carbons (Fsp3) is 0.200. The van der Waals surface area contributed by atoms with Crippen molar-refractivity contribution in [2.24, 2.45) is 0 Å². The molecule has 0 saturated carbocycles. The van der Waals surface area contributed by atoms with Crippen LogP contribution < -0.4 is 14.7 Å². The van der Waals surface area contributed by atoms with Gasteiger partial charge in [0.25, 0.3) is 0 Å². The molecule has 1 aliphatic rings. The van der Waals surface area contributed by atoms with Crippen LogP contribution in [0.1, 0.15) is 13.3 Å². The van der Waals surface area contributed by atoms with Crippen LogP contribution in [0.25, 0.3) is 0 Å². The normalized spacial score (nSPS) is 19.2. The summed E-state index contributed by atoms with van der Waals surface area (Å²) < 4.78 is 18.4. The molecular formula is C15H16ClN2O2PS. The molecule has 4 nitrogen and oxygen atoms in total. The Morgan fingerprint density at radius 2 is 1.86 bits per heavy atom. The molecule has 0 bridgehead atoms. The molecular weight excluding hydrogens is 339 g/mol. The average Bonchev–Trinajstić information content (AvgIpc) is 2.82. The largest absolute Gasteiger partial charge is 0.444 e. The minimum Gasteiger partial charge on any atom is -0.414 e. The van der Waals surface area contributed by atoms with E-state index >= 15 is 0 Å². The van der Waals surface area contributed by atoms with Crippen LogP contribution in [-0.4, -0.2) is 5.75 Å². The van der Waals surface area contributed by atoms with Gasteiger partial charge in [0.2, 0.25) is 0 Å². The topological polar surface area (TPSA) is 50.4 Å². The lowest BCUT2D eigenvalue weighted by Crippen LogP contribution is -2.03. The van der Waals surface area contributed by atoms with Gasteiger partial charge in [-0.2, -0.15) is 0 Å². The number of thioether (sulfide) groups is 1. The smallest absolute Gasteiger partial charge is 0.414 e. The number of hydrogen-bond acceptors (Lipinski definition) is 3. The number of benzene rings is 2. The van der Waals surface area contributed by atoms with Gasteiger partial charge in [-0.3, -0.25) is 10.2 Å². The molecule has 2 aromatic carbocycles. The van der Waals surface area contributed by atoms with E-state index in [0.29, 0.717) is 10.8 Å². The molecule has 116 valence electrons.